The van der Waals surface area contributed by atoms with E-state index in [0.29, 0.717) is 17.1 Å². The van der Waals surface area contributed by atoms with Gasteiger partial charge in [0.1, 0.15) is 0 Å². The van der Waals surface area contributed by atoms with E-state index in [9.17, 15) is 4.79 Å². The average Bonchev–Trinajstić information content (AvgIpc) is 2.56. The van der Waals surface area contributed by atoms with Gasteiger partial charge < -0.3 is 10.6 Å². The maximum atomic E-state index is 12.6. The van der Waals surface area contributed by atoms with Crippen molar-refractivity contribution in [2.75, 3.05) is 13.6 Å². The summed E-state index contributed by atoms with van der Waals surface area (Å²) in [6.45, 7) is 0.546. The lowest BCUT2D eigenvalue weighted by atomic mass is 10.0. The van der Waals surface area contributed by atoms with Crippen molar-refractivity contribution in [1.82, 2.24) is 4.90 Å². The minimum atomic E-state index is 0.0213. The summed E-state index contributed by atoms with van der Waals surface area (Å²) in [5.41, 5.74) is 7.57. The van der Waals surface area contributed by atoms with Gasteiger partial charge in [0.2, 0.25) is 0 Å². The smallest absolute Gasteiger partial charge is 0.253 e. The molecule has 2 N–H and O–H groups in total. The van der Waals surface area contributed by atoms with Crippen molar-refractivity contribution in [2.24, 2.45) is 5.73 Å². The van der Waals surface area contributed by atoms with E-state index in [1.54, 1.807) is 4.90 Å². The van der Waals surface area contributed by atoms with Crippen LogP contribution in [0.4, 0.5) is 0 Å². The first-order valence-electron chi connectivity index (χ1n) is 7.38. The highest BCUT2D eigenvalue weighted by atomic mass is 35.5. The second-order valence-electron chi connectivity index (χ2n) is 5.34. The topological polar surface area (TPSA) is 46.3 Å². The normalized spacial score (nSPS) is 12.0. The number of carbonyl (C=O) groups is 1. The van der Waals surface area contributed by atoms with Crippen LogP contribution in [0.5, 0.6) is 0 Å². The zero-order valence-electron chi connectivity index (χ0n) is 12.7. The Morgan fingerprint density at radius 3 is 2.36 bits per heavy atom. The second-order valence-corrected chi connectivity index (χ2v) is 5.78. The predicted octanol–water partition coefficient (Wildman–Crippen LogP) is 3.37. The summed E-state index contributed by atoms with van der Waals surface area (Å²) in [6, 6.07) is 17.1. The molecule has 4 heteroatoms. The summed E-state index contributed by atoms with van der Waals surface area (Å²) in [5, 5.41) is 0.716. The van der Waals surface area contributed by atoms with Gasteiger partial charge in [-0.2, -0.15) is 0 Å². The summed E-state index contributed by atoms with van der Waals surface area (Å²) in [7, 11) is 1.84. The van der Waals surface area contributed by atoms with E-state index in [-0.39, 0.29) is 11.9 Å². The van der Waals surface area contributed by atoms with Crippen LogP contribution in [0.2, 0.25) is 5.02 Å². The number of hydrogen-bond acceptors (Lipinski definition) is 2. The lowest BCUT2D eigenvalue weighted by Gasteiger charge is -2.28. The van der Waals surface area contributed by atoms with Crippen LogP contribution in [0.15, 0.2) is 54.6 Å². The van der Waals surface area contributed by atoms with E-state index < -0.39 is 0 Å². The van der Waals surface area contributed by atoms with E-state index in [2.05, 4.69) is 0 Å². The van der Waals surface area contributed by atoms with E-state index in [1.807, 2.05) is 61.6 Å². The lowest BCUT2D eigenvalue weighted by Crippen LogP contribution is -2.39. The first-order chi connectivity index (χ1) is 10.6. The second kappa shape index (κ2) is 7.97. The van der Waals surface area contributed by atoms with E-state index in [1.165, 1.54) is 0 Å². The van der Waals surface area contributed by atoms with Crippen LogP contribution in [0.25, 0.3) is 0 Å². The van der Waals surface area contributed by atoms with Crippen LogP contribution in [0.1, 0.15) is 22.3 Å². The van der Waals surface area contributed by atoms with Gasteiger partial charge in [0.15, 0.2) is 0 Å². The number of rotatable bonds is 6. The molecule has 0 bridgehead atoms. The molecular weight excluding hydrogens is 296 g/mol. The zero-order chi connectivity index (χ0) is 15.9. The molecule has 1 atom stereocenters. The van der Waals surface area contributed by atoms with Crippen molar-refractivity contribution in [3.63, 3.8) is 0 Å². The third-order valence-electron chi connectivity index (χ3n) is 3.77. The molecule has 0 fully saturated rings. The van der Waals surface area contributed by atoms with Gasteiger partial charge in [-0.3, -0.25) is 4.79 Å². The molecule has 2 aromatic carbocycles. The summed E-state index contributed by atoms with van der Waals surface area (Å²) in [6.07, 6.45) is 1.53. The third kappa shape index (κ3) is 4.33. The maximum absolute atomic E-state index is 12.6. The van der Waals surface area contributed by atoms with Gasteiger partial charge in [0.05, 0.1) is 0 Å². The fourth-order valence-corrected chi connectivity index (χ4v) is 2.59. The highest BCUT2D eigenvalue weighted by molar-refractivity contribution is 6.30. The molecule has 1 amide bonds. The average molecular weight is 317 g/mol. The Morgan fingerprint density at radius 2 is 1.77 bits per heavy atom. The van der Waals surface area contributed by atoms with Crippen LogP contribution in [-0.4, -0.2) is 30.4 Å². The molecule has 0 saturated carbocycles. The number of hydrogen-bond donors (Lipinski definition) is 1. The van der Waals surface area contributed by atoms with Gasteiger partial charge in [-0.1, -0.05) is 41.9 Å². The van der Waals surface area contributed by atoms with Crippen LogP contribution in [0.3, 0.4) is 0 Å². The van der Waals surface area contributed by atoms with Crippen molar-refractivity contribution in [3.8, 4) is 0 Å². The first-order valence-corrected chi connectivity index (χ1v) is 7.76. The molecule has 0 unspecified atom stereocenters. The number of halogens is 1. The van der Waals surface area contributed by atoms with Crippen LogP contribution < -0.4 is 5.73 Å². The summed E-state index contributed by atoms with van der Waals surface area (Å²) in [4.78, 5) is 14.4. The Morgan fingerprint density at radius 1 is 1.14 bits per heavy atom. The Kier molecular flexibility index (Phi) is 5.99. The molecular formula is C18H21ClN2O. The number of carbonyl (C=O) groups excluding carboxylic acids is 1. The van der Waals surface area contributed by atoms with Crippen molar-refractivity contribution >= 4 is 17.5 Å². The van der Waals surface area contributed by atoms with Gasteiger partial charge in [-0.15, -0.1) is 0 Å². The zero-order valence-corrected chi connectivity index (χ0v) is 13.5. The van der Waals surface area contributed by atoms with Crippen molar-refractivity contribution in [2.45, 2.75) is 18.9 Å². The largest absolute Gasteiger partial charge is 0.338 e. The monoisotopic (exact) mass is 316 g/mol. The first kappa shape index (κ1) is 16.5. The predicted molar refractivity (Wildman–Crippen MR) is 91.2 cm³/mol. The van der Waals surface area contributed by atoms with Crippen molar-refractivity contribution in [1.29, 1.82) is 0 Å². The third-order valence-corrected chi connectivity index (χ3v) is 4.03. The number of nitrogens with two attached hydrogens (primary N) is 1. The molecule has 2 aromatic rings. The standard InChI is InChI=1S/C18H21ClN2O/c1-21(18(22)15-5-3-2-4-6-15)17(11-12-20)13-14-7-9-16(19)10-8-14/h2-10,17H,11-13,20H2,1H3/t17-/m1/s1. The van der Waals surface area contributed by atoms with Crippen molar-refractivity contribution in [3.05, 3.63) is 70.7 Å². The molecule has 0 radical (unpaired) electrons. The Labute approximate surface area is 136 Å². The van der Waals surface area contributed by atoms with Gasteiger partial charge >= 0.3 is 0 Å². The molecule has 116 valence electrons. The molecule has 0 aliphatic heterocycles. The Bertz CT molecular complexity index is 598. The van der Waals surface area contributed by atoms with Gasteiger partial charge in [0, 0.05) is 23.7 Å². The molecule has 0 saturated heterocycles. The van der Waals surface area contributed by atoms with Crippen molar-refractivity contribution < 1.29 is 4.79 Å². The minimum Gasteiger partial charge on any atom is -0.338 e. The molecule has 0 heterocycles. The molecule has 0 aromatic heterocycles. The number of amides is 1. The molecule has 2 rings (SSSR count). The number of benzene rings is 2. The SMILES string of the molecule is CN(C(=O)c1ccccc1)[C@H](CCN)Cc1ccc(Cl)cc1. The number of likely N-dealkylation sites (N-methyl/N-ethyl adjacent to an activating group) is 1. The highest BCUT2D eigenvalue weighted by Gasteiger charge is 2.20. The molecule has 0 aliphatic rings. The fourth-order valence-electron chi connectivity index (χ4n) is 2.47. The summed E-state index contributed by atoms with van der Waals surface area (Å²) < 4.78 is 0. The van der Waals surface area contributed by atoms with E-state index >= 15 is 0 Å². The fraction of sp³-hybridized carbons (Fsp3) is 0.278. The molecule has 0 aliphatic carbocycles. The summed E-state index contributed by atoms with van der Waals surface area (Å²) in [5.74, 6) is 0.0213. The van der Waals surface area contributed by atoms with Crippen LogP contribution in [0, 0.1) is 0 Å². The van der Waals surface area contributed by atoms with Crippen LogP contribution in [-0.2, 0) is 6.42 Å². The summed E-state index contributed by atoms with van der Waals surface area (Å²) >= 11 is 5.92. The van der Waals surface area contributed by atoms with Crippen LogP contribution >= 0.6 is 11.6 Å². The Hall–Kier alpha value is -1.84. The maximum Gasteiger partial charge on any atom is 0.253 e. The lowest BCUT2D eigenvalue weighted by molar-refractivity contribution is 0.0725. The van der Waals surface area contributed by atoms with Gasteiger partial charge in [-0.25, -0.2) is 0 Å². The van der Waals surface area contributed by atoms with Gasteiger partial charge in [-0.05, 0) is 49.2 Å². The van der Waals surface area contributed by atoms with E-state index in [4.69, 9.17) is 17.3 Å². The van der Waals surface area contributed by atoms with E-state index in [0.717, 1.165) is 18.4 Å². The Balaban J connectivity index is 2.12. The molecule has 3 nitrogen and oxygen atoms in total. The molecule has 0 spiro atoms. The number of nitrogens with zero attached hydrogens (tertiary/aromatic N) is 1. The minimum absolute atomic E-state index is 0.0213. The quantitative estimate of drug-likeness (QED) is 0.888. The molecule has 22 heavy (non-hydrogen) atoms. The highest BCUT2D eigenvalue weighted by Crippen LogP contribution is 2.16. The van der Waals surface area contributed by atoms with Gasteiger partial charge in [0.25, 0.3) is 5.91 Å².